The van der Waals surface area contributed by atoms with Crippen molar-refractivity contribution in [1.82, 2.24) is 9.88 Å². The van der Waals surface area contributed by atoms with Gasteiger partial charge in [-0.15, -0.1) is 0 Å². The third-order valence-electron chi connectivity index (χ3n) is 5.72. The second-order valence-corrected chi connectivity index (χ2v) is 7.39. The Bertz CT molecular complexity index is 794. The molecule has 2 unspecified atom stereocenters. The molecule has 0 spiro atoms. The van der Waals surface area contributed by atoms with E-state index in [1.165, 1.54) is 0 Å². The number of hydrogen-bond donors (Lipinski definition) is 0. The summed E-state index contributed by atoms with van der Waals surface area (Å²) in [7, 11) is 0. The van der Waals surface area contributed by atoms with Crippen LogP contribution in [0.1, 0.15) is 36.5 Å². The maximum atomic E-state index is 13.2. The van der Waals surface area contributed by atoms with Gasteiger partial charge in [0, 0.05) is 48.9 Å². The van der Waals surface area contributed by atoms with Crippen molar-refractivity contribution in [2.24, 2.45) is 5.41 Å². The standard InChI is InChI=1S/C21H26N2O3/c1-2-25-15-21-9-4-12-26-19(21)8-11-23(14-21)20(24)17-6-7-18-16(13-17)5-3-10-22-18/h3,5-7,10,13,19H,2,4,8-9,11-12,14-15H2,1H3. The minimum Gasteiger partial charge on any atom is -0.381 e. The van der Waals surface area contributed by atoms with E-state index in [4.69, 9.17) is 9.47 Å². The number of likely N-dealkylation sites (tertiary alicyclic amines) is 1. The number of amides is 1. The van der Waals surface area contributed by atoms with Crippen LogP contribution in [0.3, 0.4) is 0 Å². The summed E-state index contributed by atoms with van der Waals surface area (Å²) in [4.78, 5) is 19.5. The molecule has 2 aliphatic heterocycles. The number of carbonyl (C=O) groups is 1. The molecule has 2 atom stereocenters. The van der Waals surface area contributed by atoms with E-state index in [-0.39, 0.29) is 17.4 Å². The van der Waals surface area contributed by atoms with E-state index in [2.05, 4.69) is 4.98 Å². The number of hydrogen-bond acceptors (Lipinski definition) is 4. The highest BCUT2D eigenvalue weighted by atomic mass is 16.5. The van der Waals surface area contributed by atoms with Crippen LogP contribution >= 0.6 is 0 Å². The molecule has 4 rings (SSSR count). The lowest BCUT2D eigenvalue weighted by atomic mass is 9.73. The molecule has 0 saturated carbocycles. The SMILES string of the molecule is CCOCC12CCCOC1CCN(C(=O)c1ccc3ncccc3c1)C2. The Morgan fingerprint density at radius 3 is 3.23 bits per heavy atom. The first-order valence-electron chi connectivity index (χ1n) is 9.55. The predicted molar refractivity (Wildman–Crippen MR) is 100 cm³/mol. The molecule has 1 aromatic heterocycles. The highest BCUT2D eigenvalue weighted by Gasteiger charge is 2.47. The van der Waals surface area contributed by atoms with Crippen molar-refractivity contribution in [2.45, 2.75) is 32.3 Å². The van der Waals surface area contributed by atoms with Crippen molar-refractivity contribution < 1.29 is 14.3 Å². The number of fused-ring (bicyclic) bond motifs is 2. The number of benzene rings is 1. The predicted octanol–water partition coefficient (Wildman–Crippen LogP) is 3.28. The van der Waals surface area contributed by atoms with Crippen LogP contribution in [0.15, 0.2) is 36.5 Å². The van der Waals surface area contributed by atoms with Gasteiger partial charge >= 0.3 is 0 Å². The van der Waals surface area contributed by atoms with Crippen molar-refractivity contribution in [3.63, 3.8) is 0 Å². The van der Waals surface area contributed by atoms with Crippen LogP contribution in [-0.2, 0) is 9.47 Å². The minimum atomic E-state index is -0.0689. The molecule has 0 N–H and O–H groups in total. The zero-order chi connectivity index (χ0) is 18.0. The van der Waals surface area contributed by atoms with Gasteiger partial charge in [-0.1, -0.05) is 6.07 Å². The highest BCUT2D eigenvalue weighted by molar-refractivity contribution is 5.98. The molecule has 138 valence electrons. The number of rotatable bonds is 4. The molecule has 2 fully saturated rings. The number of aromatic nitrogens is 1. The molecule has 26 heavy (non-hydrogen) atoms. The second kappa shape index (κ2) is 7.33. The van der Waals surface area contributed by atoms with Crippen molar-refractivity contribution in [3.05, 3.63) is 42.1 Å². The highest BCUT2D eigenvalue weighted by Crippen LogP contribution is 2.40. The molecule has 1 amide bonds. The maximum absolute atomic E-state index is 13.2. The summed E-state index contributed by atoms with van der Waals surface area (Å²) in [5, 5.41) is 0.998. The van der Waals surface area contributed by atoms with Gasteiger partial charge in [-0.2, -0.15) is 0 Å². The van der Waals surface area contributed by atoms with E-state index in [0.29, 0.717) is 19.8 Å². The Balaban J connectivity index is 1.57. The molecule has 1 aromatic carbocycles. The van der Waals surface area contributed by atoms with Crippen LogP contribution in [0.5, 0.6) is 0 Å². The molecule has 0 radical (unpaired) electrons. The van der Waals surface area contributed by atoms with Gasteiger partial charge in [0.1, 0.15) is 0 Å². The number of carbonyl (C=O) groups excluding carboxylic acids is 1. The number of ether oxygens (including phenoxy) is 2. The molecule has 5 heteroatoms. The minimum absolute atomic E-state index is 0.0689. The Morgan fingerprint density at radius 1 is 1.42 bits per heavy atom. The van der Waals surface area contributed by atoms with Crippen LogP contribution in [-0.4, -0.2) is 54.8 Å². The molecule has 2 saturated heterocycles. The van der Waals surface area contributed by atoms with Gasteiger partial charge in [0.15, 0.2) is 0 Å². The summed E-state index contributed by atoms with van der Waals surface area (Å²) in [6, 6.07) is 9.66. The van der Waals surface area contributed by atoms with Crippen molar-refractivity contribution in [1.29, 1.82) is 0 Å². The number of piperidine rings is 1. The smallest absolute Gasteiger partial charge is 0.253 e. The molecule has 0 bridgehead atoms. The molecule has 2 aliphatic rings. The summed E-state index contributed by atoms with van der Waals surface area (Å²) >= 11 is 0. The Labute approximate surface area is 154 Å². The fourth-order valence-electron chi connectivity index (χ4n) is 4.37. The fourth-order valence-corrected chi connectivity index (χ4v) is 4.37. The van der Waals surface area contributed by atoms with Crippen molar-refractivity contribution in [3.8, 4) is 0 Å². The van der Waals surface area contributed by atoms with E-state index < -0.39 is 0 Å². The topological polar surface area (TPSA) is 51.7 Å². The second-order valence-electron chi connectivity index (χ2n) is 7.39. The van der Waals surface area contributed by atoms with E-state index >= 15 is 0 Å². The molecule has 5 nitrogen and oxygen atoms in total. The number of pyridine rings is 1. The van der Waals surface area contributed by atoms with Gasteiger partial charge < -0.3 is 14.4 Å². The van der Waals surface area contributed by atoms with Gasteiger partial charge in [0.25, 0.3) is 5.91 Å². The quantitative estimate of drug-likeness (QED) is 0.845. The lowest BCUT2D eigenvalue weighted by Gasteiger charge is -2.50. The monoisotopic (exact) mass is 354 g/mol. The van der Waals surface area contributed by atoms with E-state index in [1.54, 1.807) is 6.20 Å². The van der Waals surface area contributed by atoms with Crippen molar-refractivity contribution >= 4 is 16.8 Å². The Kier molecular flexibility index (Phi) is 4.92. The van der Waals surface area contributed by atoms with Crippen LogP contribution in [0.4, 0.5) is 0 Å². The Hall–Kier alpha value is -1.98. The Morgan fingerprint density at radius 2 is 2.35 bits per heavy atom. The lowest BCUT2D eigenvalue weighted by Crippen LogP contribution is -2.58. The first-order chi connectivity index (χ1) is 12.7. The van der Waals surface area contributed by atoms with E-state index in [1.807, 2.05) is 42.2 Å². The van der Waals surface area contributed by atoms with Crippen LogP contribution in [0.2, 0.25) is 0 Å². The van der Waals surface area contributed by atoms with E-state index in [0.717, 1.165) is 48.9 Å². The lowest BCUT2D eigenvalue weighted by molar-refractivity contribution is -0.146. The third kappa shape index (κ3) is 3.21. The summed E-state index contributed by atoms with van der Waals surface area (Å²) in [6.45, 7) is 5.65. The zero-order valence-electron chi connectivity index (χ0n) is 15.3. The molecule has 3 heterocycles. The van der Waals surface area contributed by atoms with Gasteiger partial charge in [-0.25, -0.2) is 0 Å². The van der Waals surface area contributed by atoms with Crippen LogP contribution in [0, 0.1) is 5.41 Å². The summed E-state index contributed by atoms with van der Waals surface area (Å²) in [5.41, 5.74) is 1.57. The average Bonchev–Trinajstić information content (AvgIpc) is 2.71. The van der Waals surface area contributed by atoms with Gasteiger partial charge in [0.05, 0.1) is 18.2 Å². The van der Waals surface area contributed by atoms with Gasteiger partial charge in [0.2, 0.25) is 0 Å². The maximum Gasteiger partial charge on any atom is 0.253 e. The van der Waals surface area contributed by atoms with Crippen molar-refractivity contribution in [2.75, 3.05) is 32.9 Å². The van der Waals surface area contributed by atoms with Crippen LogP contribution in [0.25, 0.3) is 10.9 Å². The van der Waals surface area contributed by atoms with Crippen LogP contribution < -0.4 is 0 Å². The van der Waals surface area contributed by atoms with Gasteiger partial charge in [-0.3, -0.25) is 9.78 Å². The fraction of sp³-hybridized carbons (Fsp3) is 0.524. The molecular formula is C21H26N2O3. The molecule has 2 aromatic rings. The summed E-state index contributed by atoms with van der Waals surface area (Å²) in [5.74, 6) is 0.0932. The third-order valence-corrected chi connectivity index (χ3v) is 5.72. The zero-order valence-corrected chi connectivity index (χ0v) is 15.3. The summed E-state index contributed by atoms with van der Waals surface area (Å²) in [6.07, 6.45) is 4.95. The van der Waals surface area contributed by atoms with Gasteiger partial charge in [-0.05, 0) is 50.5 Å². The molecule has 0 aliphatic carbocycles. The average molecular weight is 354 g/mol. The largest absolute Gasteiger partial charge is 0.381 e. The first-order valence-corrected chi connectivity index (χ1v) is 9.55. The molecular weight excluding hydrogens is 328 g/mol. The normalized spacial score (nSPS) is 25.9. The summed E-state index contributed by atoms with van der Waals surface area (Å²) < 4.78 is 11.8. The van der Waals surface area contributed by atoms with E-state index in [9.17, 15) is 4.79 Å². The number of nitrogens with zero attached hydrogens (tertiary/aromatic N) is 2. The first kappa shape index (κ1) is 17.4.